The van der Waals surface area contributed by atoms with Crippen molar-refractivity contribution in [2.24, 2.45) is 0 Å². The highest BCUT2D eigenvalue weighted by atomic mass is 32.1. The van der Waals surface area contributed by atoms with E-state index in [1.807, 2.05) is 23.6 Å². The minimum absolute atomic E-state index is 0.173. The Morgan fingerprint density at radius 2 is 2.20 bits per heavy atom. The number of rotatable bonds is 4. The summed E-state index contributed by atoms with van der Waals surface area (Å²) < 4.78 is 19.6. The molecular formula is C15H13FN2OS. The van der Waals surface area contributed by atoms with Crippen molar-refractivity contribution in [3.63, 3.8) is 0 Å². The Labute approximate surface area is 119 Å². The van der Waals surface area contributed by atoms with Gasteiger partial charge in [-0.05, 0) is 23.6 Å². The summed E-state index contributed by atoms with van der Waals surface area (Å²) in [6.45, 7) is 0.410. The molecule has 2 N–H and O–H groups in total. The number of nitrogens with zero attached hydrogens (tertiary/aromatic N) is 1. The van der Waals surface area contributed by atoms with Gasteiger partial charge in [-0.1, -0.05) is 6.07 Å². The fourth-order valence-corrected chi connectivity index (χ4v) is 2.75. The van der Waals surface area contributed by atoms with Gasteiger partial charge in [0.05, 0.1) is 6.61 Å². The van der Waals surface area contributed by atoms with E-state index in [9.17, 15) is 4.39 Å². The average molecular weight is 288 g/mol. The third-order valence-corrected chi connectivity index (χ3v) is 3.94. The normalized spacial score (nSPS) is 10.8. The Kier molecular flexibility index (Phi) is 3.52. The summed E-state index contributed by atoms with van der Waals surface area (Å²) in [4.78, 5) is 5.38. The zero-order valence-corrected chi connectivity index (χ0v) is 11.5. The third-order valence-electron chi connectivity index (χ3n) is 3.01. The van der Waals surface area contributed by atoms with Crippen LogP contribution < -0.4 is 10.5 Å². The van der Waals surface area contributed by atoms with E-state index in [0.29, 0.717) is 23.2 Å². The van der Waals surface area contributed by atoms with Gasteiger partial charge < -0.3 is 10.5 Å². The molecule has 2 heterocycles. The van der Waals surface area contributed by atoms with Gasteiger partial charge in [-0.2, -0.15) is 0 Å². The van der Waals surface area contributed by atoms with E-state index in [2.05, 4.69) is 4.98 Å². The van der Waals surface area contributed by atoms with Crippen LogP contribution in [-0.4, -0.2) is 11.6 Å². The maximum Gasteiger partial charge on any atom is 0.181 e. The fourth-order valence-electron chi connectivity index (χ4n) is 2.06. The third kappa shape index (κ3) is 2.44. The molecule has 5 heteroatoms. The highest BCUT2D eigenvalue weighted by Crippen LogP contribution is 2.31. The van der Waals surface area contributed by atoms with Gasteiger partial charge in [-0.25, -0.2) is 4.39 Å². The van der Waals surface area contributed by atoms with Gasteiger partial charge in [0.25, 0.3) is 0 Å². The van der Waals surface area contributed by atoms with Crippen molar-refractivity contribution >= 4 is 27.9 Å². The second-order valence-electron chi connectivity index (χ2n) is 4.35. The largest absolute Gasteiger partial charge is 0.488 e. The smallest absolute Gasteiger partial charge is 0.181 e. The van der Waals surface area contributed by atoms with Gasteiger partial charge >= 0.3 is 0 Å². The van der Waals surface area contributed by atoms with Crippen LogP contribution in [0.1, 0.15) is 4.88 Å². The molecule has 0 bridgehead atoms. The van der Waals surface area contributed by atoms with Crippen LogP contribution in [0.15, 0.2) is 41.9 Å². The number of pyridine rings is 1. The molecule has 0 aliphatic heterocycles. The molecule has 0 saturated carbocycles. The Morgan fingerprint density at radius 1 is 1.30 bits per heavy atom. The predicted molar refractivity (Wildman–Crippen MR) is 79.6 cm³/mol. The van der Waals surface area contributed by atoms with Crippen molar-refractivity contribution in [2.75, 3.05) is 12.3 Å². The summed E-state index contributed by atoms with van der Waals surface area (Å²) in [5.74, 6) is -0.300. The minimum atomic E-state index is -0.472. The lowest BCUT2D eigenvalue weighted by molar-refractivity contribution is 0.310. The van der Waals surface area contributed by atoms with E-state index >= 15 is 0 Å². The van der Waals surface area contributed by atoms with E-state index in [-0.39, 0.29) is 5.75 Å². The van der Waals surface area contributed by atoms with E-state index in [0.717, 1.165) is 6.42 Å². The molecule has 0 unspecified atom stereocenters. The number of fused-ring (bicyclic) bond motifs is 1. The standard InChI is InChI=1S/C15H13FN2OS/c16-12-9-13(17)11-4-1-6-18-14(11)15(12)19-7-5-10-3-2-8-20-10/h1-4,6,8-9H,5,7,17H2. The SMILES string of the molecule is Nc1cc(F)c(OCCc2cccs2)c2ncccc12. The molecule has 2 aromatic heterocycles. The number of benzene rings is 1. The van der Waals surface area contributed by atoms with Crippen LogP contribution in [0.5, 0.6) is 5.75 Å². The van der Waals surface area contributed by atoms with Crippen LogP contribution in [-0.2, 0) is 6.42 Å². The molecule has 0 amide bonds. The number of aromatic nitrogens is 1. The van der Waals surface area contributed by atoms with E-state index in [1.165, 1.54) is 10.9 Å². The number of thiophene rings is 1. The number of hydrogen-bond donors (Lipinski definition) is 1. The fraction of sp³-hybridized carbons (Fsp3) is 0.133. The van der Waals surface area contributed by atoms with Crippen molar-refractivity contribution in [1.82, 2.24) is 4.98 Å². The van der Waals surface area contributed by atoms with Crippen LogP contribution in [0.2, 0.25) is 0 Å². The number of nitrogen functional groups attached to an aromatic ring is 1. The maximum atomic E-state index is 14.0. The summed E-state index contributed by atoms with van der Waals surface area (Å²) in [7, 11) is 0. The molecule has 0 fully saturated rings. The van der Waals surface area contributed by atoms with Crippen LogP contribution in [0.25, 0.3) is 10.9 Å². The molecule has 0 aliphatic carbocycles. The summed E-state index contributed by atoms with van der Waals surface area (Å²) in [5.41, 5.74) is 6.64. The lowest BCUT2D eigenvalue weighted by Crippen LogP contribution is -2.04. The summed E-state index contributed by atoms with van der Waals surface area (Å²) in [6, 6.07) is 8.88. The van der Waals surface area contributed by atoms with Crippen LogP contribution >= 0.6 is 11.3 Å². The lowest BCUT2D eigenvalue weighted by Gasteiger charge is -2.11. The molecular weight excluding hydrogens is 275 g/mol. The summed E-state index contributed by atoms with van der Waals surface area (Å²) in [6.07, 6.45) is 2.35. The van der Waals surface area contributed by atoms with Crippen molar-refractivity contribution in [2.45, 2.75) is 6.42 Å². The molecule has 0 aliphatic rings. The average Bonchev–Trinajstić information content (AvgIpc) is 2.96. The van der Waals surface area contributed by atoms with E-state index in [1.54, 1.807) is 23.6 Å². The quantitative estimate of drug-likeness (QED) is 0.746. The van der Waals surface area contributed by atoms with E-state index < -0.39 is 5.82 Å². The zero-order chi connectivity index (χ0) is 13.9. The first-order valence-electron chi connectivity index (χ1n) is 6.23. The second kappa shape index (κ2) is 5.46. The first kappa shape index (κ1) is 12.9. The molecule has 1 aromatic carbocycles. The molecule has 3 aromatic rings. The molecule has 0 radical (unpaired) electrons. The Morgan fingerprint density at radius 3 is 3.00 bits per heavy atom. The highest BCUT2D eigenvalue weighted by Gasteiger charge is 2.13. The second-order valence-corrected chi connectivity index (χ2v) is 5.39. The highest BCUT2D eigenvalue weighted by molar-refractivity contribution is 7.09. The monoisotopic (exact) mass is 288 g/mol. The van der Waals surface area contributed by atoms with Crippen LogP contribution in [0, 0.1) is 5.82 Å². The molecule has 0 spiro atoms. The molecule has 3 rings (SSSR count). The maximum absolute atomic E-state index is 14.0. The van der Waals surface area contributed by atoms with Gasteiger partial charge in [0, 0.05) is 34.6 Å². The Balaban J connectivity index is 1.87. The van der Waals surface area contributed by atoms with Gasteiger partial charge in [0.1, 0.15) is 5.52 Å². The van der Waals surface area contributed by atoms with Crippen LogP contribution in [0.4, 0.5) is 10.1 Å². The first-order chi connectivity index (χ1) is 9.75. The molecule has 3 nitrogen and oxygen atoms in total. The number of anilines is 1. The van der Waals surface area contributed by atoms with Gasteiger partial charge in [0.2, 0.25) is 0 Å². The number of ether oxygens (including phenoxy) is 1. The van der Waals surface area contributed by atoms with E-state index in [4.69, 9.17) is 10.5 Å². The minimum Gasteiger partial charge on any atom is -0.488 e. The number of nitrogens with two attached hydrogens (primary N) is 1. The van der Waals surface area contributed by atoms with Crippen LogP contribution in [0.3, 0.4) is 0 Å². The van der Waals surface area contributed by atoms with Gasteiger partial charge in [-0.3, -0.25) is 4.98 Å². The topological polar surface area (TPSA) is 48.1 Å². The molecule has 0 atom stereocenters. The zero-order valence-electron chi connectivity index (χ0n) is 10.7. The number of halogens is 1. The predicted octanol–water partition coefficient (Wildman–Crippen LogP) is 3.64. The Bertz CT molecular complexity index is 728. The number of hydrogen-bond acceptors (Lipinski definition) is 4. The van der Waals surface area contributed by atoms with Crippen molar-refractivity contribution in [3.05, 3.63) is 52.6 Å². The first-order valence-corrected chi connectivity index (χ1v) is 7.11. The molecule has 20 heavy (non-hydrogen) atoms. The lowest BCUT2D eigenvalue weighted by atomic mass is 10.1. The Hall–Kier alpha value is -2.14. The van der Waals surface area contributed by atoms with Gasteiger partial charge in [0.15, 0.2) is 11.6 Å². The molecule has 0 saturated heterocycles. The van der Waals surface area contributed by atoms with Crippen molar-refractivity contribution < 1.29 is 9.13 Å². The van der Waals surface area contributed by atoms with Gasteiger partial charge in [-0.15, -0.1) is 11.3 Å². The van der Waals surface area contributed by atoms with Crippen molar-refractivity contribution in [1.29, 1.82) is 0 Å². The van der Waals surface area contributed by atoms with Crippen molar-refractivity contribution in [3.8, 4) is 5.75 Å². The molecule has 102 valence electrons. The summed E-state index contributed by atoms with van der Waals surface area (Å²) >= 11 is 1.66. The summed E-state index contributed by atoms with van der Waals surface area (Å²) in [5, 5.41) is 2.72.